The zero-order valence-corrected chi connectivity index (χ0v) is 7.53. The van der Waals surface area contributed by atoms with Crippen LogP contribution in [0.3, 0.4) is 0 Å². The molecule has 0 aromatic carbocycles. The van der Waals surface area contributed by atoms with Gasteiger partial charge in [0.05, 0.1) is 5.57 Å². The highest BCUT2D eigenvalue weighted by Crippen LogP contribution is 1.86. The lowest BCUT2D eigenvalue weighted by Gasteiger charge is -2.02. The number of nitrogens with zero attached hydrogens (tertiary/aromatic N) is 2. The van der Waals surface area contributed by atoms with Crippen LogP contribution in [0.15, 0.2) is 11.8 Å². The Morgan fingerprint density at radius 2 is 1.91 bits per heavy atom. The van der Waals surface area contributed by atoms with E-state index in [9.17, 15) is 4.79 Å². The Morgan fingerprint density at radius 3 is 2.18 bits per heavy atom. The molecule has 0 fully saturated rings. The largest absolute Gasteiger partial charge is 0.383 e. The smallest absolute Gasteiger partial charge is 0.175 e. The topological polar surface area (TPSA) is 23.3 Å². The van der Waals surface area contributed by atoms with E-state index in [0.717, 1.165) is 6.29 Å². The molecule has 11 heavy (non-hydrogen) atoms. The number of hydrogen-bond donors (Lipinski definition) is 0. The highest BCUT2D eigenvalue weighted by atomic mass is 16.1. The normalized spacial score (nSPS) is 10.7. The molecule has 0 bridgehead atoms. The summed E-state index contributed by atoms with van der Waals surface area (Å²) in [4.78, 5) is 12.3. The van der Waals surface area contributed by atoms with Gasteiger partial charge in [-0.1, -0.05) is 0 Å². The van der Waals surface area contributed by atoms with Gasteiger partial charge in [0, 0.05) is 20.3 Å². The van der Waals surface area contributed by atoms with Crippen LogP contribution in [0.5, 0.6) is 0 Å². The molecule has 0 amide bonds. The fraction of sp³-hybridized carbons (Fsp3) is 0.500. The van der Waals surface area contributed by atoms with E-state index in [1.807, 2.05) is 37.7 Å². The summed E-state index contributed by atoms with van der Waals surface area (Å²) in [5, 5.41) is 0. The van der Waals surface area contributed by atoms with Gasteiger partial charge < -0.3 is 4.90 Å². The van der Waals surface area contributed by atoms with Gasteiger partial charge in [-0.2, -0.15) is 0 Å². The lowest BCUT2D eigenvalue weighted by atomic mass is 10.3. The van der Waals surface area contributed by atoms with E-state index in [1.165, 1.54) is 0 Å². The zero-order chi connectivity index (χ0) is 8.85. The van der Waals surface area contributed by atoms with Crippen LogP contribution in [0, 0.1) is 0 Å². The fourth-order valence-electron chi connectivity index (χ4n) is 0.690. The second-order valence-corrected chi connectivity index (χ2v) is 2.80. The van der Waals surface area contributed by atoms with Crippen molar-refractivity contribution in [2.75, 3.05) is 28.2 Å². The van der Waals surface area contributed by atoms with Gasteiger partial charge in [-0.25, -0.2) is 4.58 Å². The van der Waals surface area contributed by atoms with E-state index in [1.54, 1.807) is 12.4 Å². The summed E-state index contributed by atoms with van der Waals surface area (Å²) in [5.74, 6) is 0. The summed E-state index contributed by atoms with van der Waals surface area (Å²) in [6.07, 6.45) is 4.38. The van der Waals surface area contributed by atoms with Crippen molar-refractivity contribution in [1.82, 2.24) is 4.90 Å². The van der Waals surface area contributed by atoms with E-state index in [0.29, 0.717) is 5.57 Å². The SMILES string of the molecule is CN(C)/C=C(\C=O)C=[N+](C)C. The van der Waals surface area contributed by atoms with Crippen LogP contribution < -0.4 is 0 Å². The Kier molecular flexibility index (Phi) is 4.18. The van der Waals surface area contributed by atoms with Gasteiger partial charge in [0.25, 0.3) is 0 Å². The lowest BCUT2D eigenvalue weighted by molar-refractivity contribution is -0.458. The summed E-state index contributed by atoms with van der Waals surface area (Å²) in [6, 6.07) is 0. The van der Waals surface area contributed by atoms with Crippen molar-refractivity contribution < 1.29 is 9.37 Å². The molecular formula is C8H15N2O+. The first-order valence-electron chi connectivity index (χ1n) is 3.41. The summed E-state index contributed by atoms with van der Waals surface area (Å²) >= 11 is 0. The Morgan fingerprint density at radius 1 is 1.36 bits per heavy atom. The predicted molar refractivity (Wildman–Crippen MR) is 46.0 cm³/mol. The van der Waals surface area contributed by atoms with Crippen molar-refractivity contribution in [2.24, 2.45) is 0 Å². The number of carbonyl (C=O) groups excluding carboxylic acids is 1. The molecule has 0 heterocycles. The average Bonchev–Trinajstić information content (AvgIpc) is 1.84. The molecule has 0 saturated heterocycles. The van der Waals surface area contributed by atoms with Crippen LogP contribution >= 0.6 is 0 Å². The number of aldehydes is 1. The number of hydrogen-bond acceptors (Lipinski definition) is 2. The third kappa shape index (κ3) is 5.33. The van der Waals surface area contributed by atoms with Crippen LogP contribution in [0.1, 0.15) is 0 Å². The molecule has 0 aromatic heterocycles. The van der Waals surface area contributed by atoms with E-state index in [2.05, 4.69) is 0 Å². The van der Waals surface area contributed by atoms with Crippen LogP contribution in [0.2, 0.25) is 0 Å². The molecule has 62 valence electrons. The van der Waals surface area contributed by atoms with Crippen molar-refractivity contribution in [3.63, 3.8) is 0 Å². The Hall–Kier alpha value is -1.12. The molecule has 0 N–H and O–H groups in total. The van der Waals surface area contributed by atoms with E-state index < -0.39 is 0 Å². The predicted octanol–water partition coefficient (Wildman–Crippen LogP) is -0.0263. The van der Waals surface area contributed by atoms with E-state index >= 15 is 0 Å². The zero-order valence-electron chi connectivity index (χ0n) is 7.53. The van der Waals surface area contributed by atoms with Crippen molar-refractivity contribution in [2.45, 2.75) is 0 Å². The quantitative estimate of drug-likeness (QED) is 0.247. The van der Waals surface area contributed by atoms with E-state index in [-0.39, 0.29) is 0 Å². The number of allylic oxidation sites excluding steroid dienone is 1. The van der Waals surface area contributed by atoms with Crippen LogP contribution in [-0.2, 0) is 4.79 Å². The summed E-state index contributed by atoms with van der Waals surface area (Å²) in [6.45, 7) is 0. The summed E-state index contributed by atoms with van der Waals surface area (Å²) in [7, 11) is 7.53. The highest BCUT2D eigenvalue weighted by Gasteiger charge is 1.95. The van der Waals surface area contributed by atoms with Crippen LogP contribution in [0.25, 0.3) is 0 Å². The number of rotatable bonds is 3. The number of carbonyl (C=O) groups is 1. The van der Waals surface area contributed by atoms with Gasteiger partial charge in [0.15, 0.2) is 12.5 Å². The van der Waals surface area contributed by atoms with Crippen molar-refractivity contribution in [1.29, 1.82) is 0 Å². The minimum atomic E-state index is 0.667. The molecule has 0 atom stereocenters. The van der Waals surface area contributed by atoms with Crippen molar-refractivity contribution in [3.8, 4) is 0 Å². The minimum Gasteiger partial charge on any atom is -0.383 e. The molecular weight excluding hydrogens is 140 g/mol. The third-order valence-corrected chi connectivity index (χ3v) is 0.951. The Labute approximate surface area is 67.6 Å². The lowest BCUT2D eigenvalue weighted by Crippen LogP contribution is -2.08. The van der Waals surface area contributed by atoms with Crippen molar-refractivity contribution in [3.05, 3.63) is 11.8 Å². The molecule has 0 spiro atoms. The maximum atomic E-state index is 10.4. The maximum absolute atomic E-state index is 10.4. The van der Waals surface area contributed by atoms with Crippen LogP contribution in [0.4, 0.5) is 0 Å². The van der Waals surface area contributed by atoms with Gasteiger partial charge in [-0.3, -0.25) is 4.79 Å². The van der Waals surface area contributed by atoms with Gasteiger partial charge in [-0.05, 0) is 0 Å². The summed E-state index contributed by atoms with van der Waals surface area (Å²) in [5.41, 5.74) is 0.667. The third-order valence-electron chi connectivity index (χ3n) is 0.951. The molecule has 0 saturated carbocycles. The van der Waals surface area contributed by atoms with Crippen LogP contribution in [-0.4, -0.2) is 50.2 Å². The average molecular weight is 155 g/mol. The molecule has 0 aromatic rings. The summed E-state index contributed by atoms with van der Waals surface area (Å²) < 4.78 is 1.84. The molecule has 3 heteroatoms. The van der Waals surface area contributed by atoms with Gasteiger partial charge in [0.2, 0.25) is 0 Å². The van der Waals surface area contributed by atoms with Gasteiger partial charge in [-0.15, -0.1) is 0 Å². The highest BCUT2D eigenvalue weighted by molar-refractivity contribution is 5.99. The van der Waals surface area contributed by atoms with Gasteiger partial charge >= 0.3 is 0 Å². The molecule has 3 nitrogen and oxygen atoms in total. The van der Waals surface area contributed by atoms with Gasteiger partial charge in [0.1, 0.15) is 14.1 Å². The Bertz CT molecular complexity index is 188. The first-order valence-corrected chi connectivity index (χ1v) is 3.41. The first kappa shape index (κ1) is 9.88. The Balaban J connectivity index is 4.41. The second kappa shape index (κ2) is 4.66. The standard InChI is InChI=1S/C8H15N2O/c1-9(2)5-8(7-11)6-10(3)4/h5-7H,1-4H3/q+1. The second-order valence-electron chi connectivity index (χ2n) is 2.80. The fourth-order valence-corrected chi connectivity index (χ4v) is 0.690. The monoisotopic (exact) mass is 155 g/mol. The molecule has 0 aliphatic rings. The molecule has 0 aliphatic heterocycles. The van der Waals surface area contributed by atoms with E-state index in [4.69, 9.17) is 0 Å². The molecule has 0 rings (SSSR count). The first-order chi connectivity index (χ1) is 5.06. The minimum absolute atomic E-state index is 0.667. The molecule has 0 unspecified atom stereocenters. The van der Waals surface area contributed by atoms with Crippen molar-refractivity contribution >= 4 is 12.5 Å². The molecule has 0 aliphatic carbocycles. The maximum Gasteiger partial charge on any atom is 0.175 e. The molecule has 0 radical (unpaired) electrons.